The molecule has 40 heavy (non-hydrogen) atoms. The minimum absolute atomic E-state index is 0.274. The van der Waals surface area contributed by atoms with E-state index < -0.39 is 6.36 Å². The molecule has 6 rings (SSSR count). The van der Waals surface area contributed by atoms with Gasteiger partial charge in [-0.3, -0.25) is 5.01 Å². The van der Waals surface area contributed by atoms with Gasteiger partial charge in [0.1, 0.15) is 18.3 Å². The Labute approximate surface area is 234 Å². The lowest BCUT2D eigenvalue weighted by Gasteiger charge is -2.30. The summed E-state index contributed by atoms with van der Waals surface area (Å²) in [7, 11) is 0. The first-order valence-corrected chi connectivity index (χ1v) is 14.1. The van der Waals surface area contributed by atoms with Crippen molar-refractivity contribution in [3.63, 3.8) is 0 Å². The number of benzene rings is 3. The van der Waals surface area contributed by atoms with Crippen LogP contribution in [-0.2, 0) is 0 Å². The number of thioether (sulfide) groups is 1. The highest BCUT2D eigenvalue weighted by molar-refractivity contribution is 8.14. The fourth-order valence-electron chi connectivity index (χ4n) is 4.69. The third kappa shape index (κ3) is 6.31. The Balaban J connectivity index is 1.08. The van der Waals surface area contributed by atoms with Gasteiger partial charge in [0.25, 0.3) is 0 Å². The number of hydrogen-bond donors (Lipinski definition) is 1. The maximum atomic E-state index is 12.4. The zero-order valence-corrected chi connectivity index (χ0v) is 22.3. The molecule has 206 valence electrons. The largest absolute Gasteiger partial charge is 0.573 e. The van der Waals surface area contributed by atoms with E-state index in [0.717, 1.165) is 35.0 Å². The summed E-state index contributed by atoms with van der Waals surface area (Å²) in [6, 6.07) is 22.0. The number of nitrogens with zero attached hydrogens (tertiary/aromatic N) is 5. The first-order valence-electron chi connectivity index (χ1n) is 13.1. The van der Waals surface area contributed by atoms with Crippen LogP contribution >= 0.6 is 11.8 Å². The molecule has 11 heteroatoms. The van der Waals surface area contributed by atoms with E-state index >= 15 is 0 Å². The number of anilines is 2. The molecule has 1 saturated carbocycles. The molecule has 0 radical (unpaired) electrons. The van der Waals surface area contributed by atoms with Crippen LogP contribution in [0.25, 0.3) is 0 Å². The van der Waals surface area contributed by atoms with Gasteiger partial charge in [0.2, 0.25) is 0 Å². The maximum absolute atomic E-state index is 12.4. The number of para-hydroxylation sites is 1. The van der Waals surface area contributed by atoms with E-state index in [4.69, 9.17) is 0 Å². The first-order chi connectivity index (χ1) is 19.4. The second-order valence-electron chi connectivity index (χ2n) is 9.69. The van der Waals surface area contributed by atoms with Gasteiger partial charge >= 0.3 is 6.36 Å². The molecule has 2 aliphatic heterocycles. The minimum Gasteiger partial charge on any atom is -0.406 e. The summed E-state index contributed by atoms with van der Waals surface area (Å²) < 4.78 is 41.1. The van der Waals surface area contributed by atoms with Crippen LogP contribution in [0, 0.1) is 0 Å². The third-order valence-electron chi connectivity index (χ3n) is 6.78. The van der Waals surface area contributed by atoms with E-state index in [1.54, 1.807) is 29.3 Å². The first kappa shape index (κ1) is 26.4. The Kier molecular flexibility index (Phi) is 7.48. The fourth-order valence-corrected chi connectivity index (χ4v) is 5.60. The highest BCUT2D eigenvalue weighted by Gasteiger charge is 2.31. The molecule has 1 aliphatic carbocycles. The van der Waals surface area contributed by atoms with Crippen molar-refractivity contribution in [1.82, 2.24) is 5.43 Å². The zero-order valence-electron chi connectivity index (χ0n) is 21.5. The third-order valence-corrected chi connectivity index (χ3v) is 7.83. The van der Waals surface area contributed by atoms with E-state index in [1.807, 2.05) is 24.3 Å². The van der Waals surface area contributed by atoms with Crippen LogP contribution in [0.2, 0.25) is 0 Å². The fraction of sp³-hybridized carbons (Fsp3) is 0.276. The second-order valence-corrected chi connectivity index (χ2v) is 10.8. The number of rotatable bonds is 7. The van der Waals surface area contributed by atoms with Crippen molar-refractivity contribution in [2.75, 3.05) is 22.2 Å². The highest BCUT2D eigenvalue weighted by atomic mass is 32.2. The number of aliphatic imine (C=N–C) groups is 1. The van der Waals surface area contributed by atoms with Crippen molar-refractivity contribution < 1.29 is 17.9 Å². The predicted octanol–water partition coefficient (Wildman–Crippen LogP) is 6.85. The molecule has 7 nitrogen and oxygen atoms in total. The van der Waals surface area contributed by atoms with E-state index in [-0.39, 0.29) is 11.9 Å². The van der Waals surface area contributed by atoms with Crippen LogP contribution in [0.3, 0.4) is 0 Å². The summed E-state index contributed by atoms with van der Waals surface area (Å²) in [6.45, 7) is 0.942. The summed E-state index contributed by atoms with van der Waals surface area (Å²) in [5.41, 5.74) is 8.36. The van der Waals surface area contributed by atoms with Gasteiger partial charge in [0, 0.05) is 18.0 Å². The average molecular weight is 565 g/mol. The van der Waals surface area contributed by atoms with Crippen molar-refractivity contribution in [1.29, 1.82) is 0 Å². The number of hydrogen-bond acceptors (Lipinski definition) is 7. The number of hydrazine groups is 1. The van der Waals surface area contributed by atoms with Crippen molar-refractivity contribution in [2.24, 2.45) is 15.2 Å². The number of nitrogens with one attached hydrogen (secondary N) is 1. The monoisotopic (exact) mass is 564 g/mol. The van der Waals surface area contributed by atoms with Crippen molar-refractivity contribution in [3.8, 4) is 5.75 Å². The van der Waals surface area contributed by atoms with E-state index in [0.29, 0.717) is 11.6 Å². The van der Waals surface area contributed by atoms with Crippen LogP contribution in [0.15, 0.2) is 88.0 Å². The van der Waals surface area contributed by atoms with Crippen LogP contribution in [-0.4, -0.2) is 36.4 Å². The molecule has 3 aliphatic rings. The van der Waals surface area contributed by atoms with Gasteiger partial charge in [0.05, 0.1) is 11.9 Å². The maximum Gasteiger partial charge on any atom is 0.573 e. The van der Waals surface area contributed by atoms with Crippen molar-refractivity contribution in [2.45, 2.75) is 37.7 Å². The predicted molar refractivity (Wildman–Crippen MR) is 154 cm³/mol. The molecule has 1 saturated heterocycles. The Hall–Kier alpha value is -3.83. The molecule has 0 spiro atoms. The summed E-state index contributed by atoms with van der Waals surface area (Å²) in [4.78, 5) is 6.77. The Morgan fingerprint density at radius 2 is 1.77 bits per heavy atom. The van der Waals surface area contributed by atoms with E-state index in [2.05, 4.69) is 54.5 Å². The molecule has 1 atom stereocenters. The lowest BCUT2D eigenvalue weighted by atomic mass is 10.1. The van der Waals surface area contributed by atoms with Gasteiger partial charge in [-0.05, 0) is 72.2 Å². The van der Waals surface area contributed by atoms with Crippen LogP contribution < -0.4 is 20.1 Å². The van der Waals surface area contributed by atoms with Crippen LogP contribution in [0.5, 0.6) is 5.75 Å². The molecule has 3 aromatic carbocycles. The Morgan fingerprint density at radius 3 is 2.52 bits per heavy atom. The molecule has 1 unspecified atom stereocenters. The van der Waals surface area contributed by atoms with Gasteiger partial charge in [0.15, 0.2) is 5.17 Å². The van der Waals surface area contributed by atoms with Crippen molar-refractivity contribution in [3.05, 3.63) is 89.5 Å². The number of amidine groups is 1. The number of alkyl halides is 3. The molecule has 2 fully saturated rings. The Bertz CT molecular complexity index is 1420. The normalized spacial score (nSPS) is 20.6. The summed E-state index contributed by atoms with van der Waals surface area (Å²) in [5, 5.41) is 11.6. The van der Waals surface area contributed by atoms with E-state index in [1.165, 1.54) is 48.4 Å². The minimum atomic E-state index is -4.72. The molecule has 0 amide bonds. The molecule has 0 aromatic heterocycles. The SMILES string of the molecule is FC(F)(F)Oc1ccc(N2C=NC(c3ccc(/C=N/N=C4\SCCCN4c4ccccc4C4CC4)cc3)N2)cc1. The van der Waals surface area contributed by atoms with Gasteiger partial charge in [-0.15, -0.1) is 18.3 Å². The number of ether oxygens (including phenoxy) is 1. The summed E-state index contributed by atoms with van der Waals surface area (Å²) >= 11 is 1.74. The molecule has 0 bridgehead atoms. The number of halogens is 3. The van der Waals surface area contributed by atoms with Gasteiger partial charge in [-0.1, -0.05) is 54.2 Å². The highest BCUT2D eigenvalue weighted by Crippen LogP contribution is 2.45. The van der Waals surface area contributed by atoms with Gasteiger partial charge in [-0.2, -0.15) is 10.5 Å². The lowest BCUT2D eigenvalue weighted by molar-refractivity contribution is -0.274. The van der Waals surface area contributed by atoms with Crippen LogP contribution in [0.4, 0.5) is 24.5 Å². The quantitative estimate of drug-likeness (QED) is 0.251. The zero-order chi connectivity index (χ0) is 27.5. The van der Waals surface area contributed by atoms with Gasteiger partial charge in [-0.25, -0.2) is 4.99 Å². The molecular formula is C29H27F3N6OS. The summed E-state index contributed by atoms with van der Waals surface area (Å²) in [5.74, 6) is 1.42. The van der Waals surface area contributed by atoms with E-state index in [9.17, 15) is 13.2 Å². The smallest absolute Gasteiger partial charge is 0.406 e. The van der Waals surface area contributed by atoms with Crippen molar-refractivity contribution >= 4 is 40.9 Å². The molecular weight excluding hydrogens is 537 g/mol. The lowest BCUT2D eigenvalue weighted by Crippen LogP contribution is -2.34. The van der Waals surface area contributed by atoms with Crippen LogP contribution in [0.1, 0.15) is 48.0 Å². The molecule has 3 aromatic rings. The summed E-state index contributed by atoms with van der Waals surface area (Å²) in [6.07, 6.45) is 1.93. The molecule has 2 heterocycles. The topological polar surface area (TPSA) is 64.8 Å². The Morgan fingerprint density at radius 1 is 1.00 bits per heavy atom. The average Bonchev–Trinajstić information content (AvgIpc) is 3.69. The molecule has 1 N–H and O–H groups in total. The van der Waals surface area contributed by atoms with Gasteiger partial charge < -0.3 is 9.64 Å². The second kappa shape index (κ2) is 11.3. The standard InChI is InChI=1S/C29H27F3N6OS/c30-29(31,32)39-24-14-12-23(13-15-24)38-19-33-27(36-38)22-8-6-20(7-9-22)18-34-35-28-37(16-3-17-40-28)26-5-2-1-4-25(26)21-10-11-21/h1-2,4-9,12-15,18-19,21,27,36H,3,10-11,16-17H2/b34-18+,35-28-.